The van der Waals surface area contributed by atoms with Crippen molar-refractivity contribution < 1.29 is 13.2 Å². The topological polar surface area (TPSA) is 60.9 Å². The van der Waals surface area contributed by atoms with Crippen LogP contribution in [0.2, 0.25) is 0 Å². The molecule has 1 fully saturated rings. The van der Waals surface area contributed by atoms with E-state index < -0.39 is 10.0 Å². The predicted molar refractivity (Wildman–Crippen MR) is 107 cm³/mol. The summed E-state index contributed by atoms with van der Waals surface area (Å²) in [5.74, 6) is 0.0119. The van der Waals surface area contributed by atoms with Gasteiger partial charge in [0.15, 0.2) is 0 Å². The highest BCUT2D eigenvalue weighted by Crippen LogP contribution is 2.18. The number of carbonyl (C=O) groups is 1. The van der Waals surface area contributed by atoms with Crippen LogP contribution in [0, 0.1) is 0 Å². The highest BCUT2D eigenvalue weighted by atomic mass is 32.2. The van der Waals surface area contributed by atoms with Gasteiger partial charge >= 0.3 is 0 Å². The Bertz CT molecular complexity index is 849. The van der Waals surface area contributed by atoms with E-state index in [0.29, 0.717) is 32.7 Å². The van der Waals surface area contributed by atoms with E-state index in [1.165, 1.54) is 10.6 Å². The summed E-state index contributed by atoms with van der Waals surface area (Å²) < 4.78 is 24.8. The molecule has 0 saturated carbocycles. The molecule has 1 aliphatic heterocycles. The van der Waals surface area contributed by atoms with Crippen molar-refractivity contribution in [1.29, 1.82) is 0 Å². The fraction of sp³-hybridized carbons (Fsp3) is 0.350. The van der Waals surface area contributed by atoms with Gasteiger partial charge in [-0.3, -0.25) is 9.69 Å². The second-order valence-corrected chi connectivity index (χ2v) is 8.72. The summed E-state index contributed by atoms with van der Waals surface area (Å²) >= 11 is 0. The lowest BCUT2D eigenvalue weighted by Crippen LogP contribution is -2.51. The summed E-state index contributed by atoms with van der Waals surface area (Å²) in [5, 5.41) is 0. The van der Waals surface area contributed by atoms with Gasteiger partial charge in [0, 0.05) is 31.9 Å². The van der Waals surface area contributed by atoms with Gasteiger partial charge in [-0.15, -0.1) is 0 Å². The third kappa shape index (κ3) is 5.38. The zero-order valence-electron chi connectivity index (χ0n) is 15.5. The maximum absolute atomic E-state index is 13.0. The Morgan fingerprint density at radius 1 is 0.926 bits per heavy atom. The third-order valence-electron chi connectivity index (χ3n) is 4.71. The van der Waals surface area contributed by atoms with Gasteiger partial charge in [-0.25, -0.2) is 8.42 Å². The smallest absolute Gasteiger partial charge is 0.241 e. The van der Waals surface area contributed by atoms with Crippen molar-refractivity contribution in [3.63, 3.8) is 0 Å². The molecule has 0 spiro atoms. The SMILES string of the molecule is CS(=O)(=O)N1CCN(CC(=O)N(Cc2ccccc2)c2ccccc2)CC1. The molecule has 1 heterocycles. The molecule has 27 heavy (non-hydrogen) atoms. The number of amides is 1. The summed E-state index contributed by atoms with van der Waals surface area (Å²) in [6.07, 6.45) is 1.23. The first-order valence-electron chi connectivity index (χ1n) is 9.00. The Morgan fingerprint density at radius 3 is 2.04 bits per heavy atom. The van der Waals surface area contributed by atoms with Crippen LogP contribution in [0.5, 0.6) is 0 Å². The van der Waals surface area contributed by atoms with Crippen LogP contribution in [0.4, 0.5) is 5.69 Å². The molecule has 6 nitrogen and oxygen atoms in total. The molecule has 0 N–H and O–H groups in total. The number of hydrogen-bond donors (Lipinski definition) is 0. The summed E-state index contributed by atoms with van der Waals surface area (Å²) in [6, 6.07) is 19.5. The molecule has 0 aliphatic carbocycles. The summed E-state index contributed by atoms with van der Waals surface area (Å²) in [4.78, 5) is 16.9. The van der Waals surface area contributed by atoms with Crippen molar-refractivity contribution in [3.05, 3.63) is 66.2 Å². The Balaban J connectivity index is 1.68. The number of hydrogen-bond acceptors (Lipinski definition) is 4. The first-order valence-corrected chi connectivity index (χ1v) is 10.8. The molecule has 1 aliphatic rings. The predicted octanol–water partition coefficient (Wildman–Crippen LogP) is 1.80. The number of nitrogens with zero attached hydrogens (tertiary/aromatic N) is 3. The average molecular weight is 388 g/mol. The molecule has 0 atom stereocenters. The van der Waals surface area contributed by atoms with Gasteiger partial charge in [-0.2, -0.15) is 4.31 Å². The number of anilines is 1. The number of para-hydroxylation sites is 1. The highest BCUT2D eigenvalue weighted by molar-refractivity contribution is 7.88. The molecule has 2 aromatic rings. The second-order valence-electron chi connectivity index (χ2n) is 6.74. The van der Waals surface area contributed by atoms with E-state index in [1.54, 1.807) is 4.90 Å². The lowest BCUT2D eigenvalue weighted by atomic mass is 10.2. The quantitative estimate of drug-likeness (QED) is 0.758. The minimum atomic E-state index is -3.17. The van der Waals surface area contributed by atoms with Crippen molar-refractivity contribution in [2.75, 3.05) is 43.9 Å². The Kier molecular flexibility index (Phi) is 6.26. The van der Waals surface area contributed by atoms with Crippen LogP contribution in [0.15, 0.2) is 60.7 Å². The second kappa shape index (κ2) is 8.65. The number of benzene rings is 2. The maximum atomic E-state index is 13.0. The molecule has 0 unspecified atom stereocenters. The zero-order chi connectivity index (χ0) is 19.3. The minimum absolute atomic E-state index is 0.0119. The first kappa shape index (κ1) is 19.5. The molecule has 0 bridgehead atoms. The lowest BCUT2D eigenvalue weighted by Gasteiger charge is -2.34. The molecular weight excluding hydrogens is 362 g/mol. The van der Waals surface area contributed by atoms with Crippen LogP contribution in [-0.4, -0.2) is 62.5 Å². The molecule has 0 aromatic heterocycles. The molecule has 2 aromatic carbocycles. The van der Waals surface area contributed by atoms with Crippen LogP contribution in [0.1, 0.15) is 5.56 Å². The molecule has 1 amide bonds. The van der Waals surface area contributed by atoms with E-state index in [1.807, 2.05) is 65.6 Å². The average Bonchev–Trinajstić information content (AvgIpc) is 2.67. The van der Waals surface area contributed by atoms with Gasteiger partial charge in [0.25, 0.3) is 0 Å². The van der Waals surface area contributed by atoms with Crippen LogP contribution in [0.25, 0.3) is 0 Å². The summed E-state index contributed by atoms with van der Waals surface area (Å²) in [6.45, 7) is 2.76. The normalized spacial score (nSPS) is 16.2. The van der Waals surface area contributed by atoms with E-state index in [-0.39, 0.29) is 12.5 Å². The van der Waals surface area contributed by atoms with Crippen LogP contribution in [0.3, 0.4) is 0 Å². The van der Waals surface area contributed by atoms with Gasteiger partial charge in [-0.1, -0.05) is 48.5 Å². The first-order chi connectivity index (χ1) is 12.9. The van der Waals surface area contributed by atoms with Gasteiger partial charge in [0.1, 0.15) is 0 Å². The van der Waals surface area contributed by atoms with E-state index in [4.69, 9.17) is 0 Å². The fourth-order valence-electron chi connectivity index (χ4n) is 3.19. The van der Waals surface area contributed by atoms with Gasteiger partial charge in [0.05, 0.1) is 19.3 Å². The summed E-state index contributed by atoms with van der Waals surface area (Å²) in [7, 11) is -3.17. The fourth-order valence-corrected chi connectivity index (χ4v) is 4.02. The van der Waals surface area contributed by atoms with Crippen molar-refractivity contribution in [3.8, 4) is 0 Å². The van der Waals surface area contributed by atoms with Gasteiger partial charge < -0.3 is 4.90 Å². The van der Waals surface area contributed by atoms with Crippen LogP contribution < -0.4 is 4.90 Å². The Morgan fingerprint density at radius 2 is 1.48 bits per heavy atom. The van der Waals surface area contributed by atoms with Crippen molar-refractivity contribution in [2.45, 2.75) is 6.54 Å². The van der Waals surface area contributed by atoms with Crippen LogP contribution in [-0.2, 0) is 21.4 Å². The Hall–Kier alpha value is -2.22. The zero-order valence-corrected chi connectivity index (χ0v) is 16.3. The van der Waals surface area contributed by atoms with E-state index >= 15 is 0 Å². The van der Waals surface area contributed by atoms with Crippen LogP contribution >= 0.6 is 0 Å². The highest BCUT2D eigenvalue weighted by Gasteiger charge is 2.26. The third-order valence-corrected chi connectivity index (χ3v) is 6.01. The molecule has 1 saturated heterocycles. The van der Waals surface area contributed by atoms with E-state index in [2.05, 4.69) is 0 Å². The van der Waals surface area contributed by atoms with Gasteiger partial charge in [0.2, 0.25) is 15.9 Å². The van der Waals surface area contributed by atoms with Gasteiger partial charge in [-0.05, 0) is 17.7 Å². The molecular formula is C20H25N3O3S. The standard InChI is InChI=1S/C20H25N3O3S/c1-27(25,26)22-14-12-21(13-15-22)17-20(24)23(19-10-6-3-7-11-19)16-18-8-4-2-5-9-18/h2-11H,12-17H2,1H3. The molecule has 7 heteroatoms. The number of sulfonamides is 1. The number of carbonyl (C=O) groups excluding carboxylic acids is 1. The number of piperazine rings is 1. The van der Waals surface area contributed by atoms with Crippen molar-refractivity contribution in [2.24, 2.45) is 0 Å². The maximum Gasteiger partial charge on any atom is 0.241 e. The lowest BCUT2D eigenvalue weighted by molar-refractivity contribution is -0.120. The largest absolute Gasteiger partial charge is 0.307 e. The van der Waals surface area contributed by atoms with E-state index in [9.17, 15) is 13.2 Å². The van der Waals surface area contributed by atoms with Crippen molar-refractivity contribution in [1.82, 2.24) is 9.21 Å². The number of rotatable bonds is 6. The molecule has 144 valence electrons. The minimum Gasteiger partial charge on any atom is -0.307 e. The monoisotopic (exact) mass is 387 g/mol. The molecule has 0 radical (unpaired) electrons. The summed E-state index contributed by atoms with van der Waals surface area (Å²) in [5.41, 5.74) is 1.93. The van der Waals surface area contributed by atoms with E-state index in [0.717, 1.165) is 11.3 Å². The Labute approximate surface area is 161 Å². The van der Waals surface area contributed by atoms with Crippen molar-refractivity contribution >= 4 is 21.6 Å². The molecule has 3 rings (SSSR count).